The first kappa shape index (κ1) is 24.0. The molecule has 2 atom stereocenters. The van der Waals surface area contributed by atoms with E-state index in [-0.39, 0.29) is 42.3 Å². The Kier molecular flexibility index (Phi) is 6.34. The van der Waals surface area contributed by atoms with E-state index < -0.39 is 11.3 Å². The number of nitrogens with one attached hydrogen (secondary N) is 1. The van der Waals surface area contributed by atoms with Crippen molar-refractivity contribution in [3.05, 3.63) is 71.2 Å². The number of phenolic OH excluding ortho intramolecular Hbond substituents is 1. The molecule has 9 heteroatoms. The topological polar surface area (TPSA) is 124 Å². The van der Waals surface area contributed by atoms with Crippen LogP contribution in [0.4, 0.5) is 4.39 Å². The maximum absolute atomic E-state index is 13.5. The highest BCUT2D eigenvalue weighted by Gasteiger charge is 2.44. The lowest BCUT2D eigenvalue weighted by molar-refractivity contribution is -0.123. The number of benzene rings is 2. The first-order valence-electron chi connectivity index (χ1n) is 11.0. The van der Waals surface area contributed by atoms with Crippen LogP contribution in [0.5, 0.6) is 17.2 Å². The van der Waals surface area contributed by atoms with Crippen LogP contribution in [-0.4, -0.2) is 42.2 Å². The zero-order valence-electron chi connectivity index (χ0n) is 19.6. The molecule has 3 aromatic rings. The van der Waals surface area contributed by atoms with Crippen LogP contribution in [-0.2, 0) is 10.2 Å². The first-order valence-corrected chi connectivity index (χ1v) is 11.0. The van der Waals surface area contributed by atoms with Crippen LogP contribution in [0.15, 0.2) is 48.5 Å². The van der Waals surface area contributed by atoms with Gasteiger partial charge in [0, 0.05) is 34.8 Å². The van der Waals surface area contributed by atoms with Crippen LogP contribution < -0.4 is 20.5 Å². The molecule has 0 fully saturated rings. The summed E-state index contributed by atoms with van der Waals surface area (Å²) in [5, 5.41) is 12.6. The number of fused-ring (bicyclic) bond motifs is 1. The molecule has 8 nitrogen and oxygen atoms in total. The van der Waals surface area contributed by atoms with Crippen molar-refractivity contribution < 1.29 is 28.6 Å². The van der Waals surface area contributed by atoms with Crippen LogP contribution in [0.2, 0.25) is 0 Å². The maximum atomic E-state index is 13.5. The number of rotatable bonds is 7. The molecule has 1 aliphatic rings. The summed E-state index contributed by atoms with van der Waals surface area (Å²) in [5.74, 6) is -0.935. The summed E-state index contributed by atoms with van der Waals surface area (Å²) >= 11 is 0. The Labute approximate surface area is 201 Å². The van der Waals surface area contributed by atoms with E-state index in [1.807, 2.05) is 6.92 Å². The summed E-state index contributed by atoms with van der Waals surface area (Å²) in [6.45, 7) is 3.91. The van der Waals surface area contributed by atoms with E-state index >= 15 is 0 Å². The third kappa shape index (κ3) is 4.49. The van der Waals surface area contributed by atoms with Gasteiger partial charge in [0.2, 0.25) is 5.91 Å². The number of hydrogen-bond acceptors (Lipinski definition) is 6. The predicted molar refractivity (Wildman–Crippen MR) is 127 cm³/mol. The van der Waals surface area contributed by atoms with Crippen LogP contribution in [0, 0.1) is 5.82 Å². The summed E-state index contributed by atoms with van der Waals surface area (Å²) in [5.41, 5.74) is 7.31. The Hall–Kier alpha value is -4.14. The lowest BCUT2D eigenvalue weighted by Crippen LogP contribution is -2.39. The molecule has 4 N–H and O–H groups in total. The Morgan fingerprint density at radius 2 is 1.97 bits per heavy atom. The van der Waals surface area contributed by atoms with Gasteiger partial charge >= 0.3 is 0 Å². The number of ether oxygens (including phenoxy) is 2. The number of aromatic hydroxyl groups is 1. The predicted octanol–water partition coefficient (Wildman–Crippen LogP) is 3.27. The van der Waals surface area contributed by atoms with Crippen molar-refractivity contribution in [1.82, 2.24) is 10.3 Å². The number of phenols is 1. The fraction of sp³-hybridized carbons (Fsp3) is 0.269. The summed E-state index contributed by atoms with van der Waals surface area (Å²) < 4.78 is 24.4. The van der Waals surface area contributed by atoms with Crippen molar-refractivity contribution >= 4 is 11.8 Å². The lowest BCUT2D eigenvalue weighted by atomic mass is 9.82. The van der Waals surface area contributed by atoms with Gasteiger partial charge in [0.05, 0.1) is 7.11 Å². The minimum atomic E-state index is -1.05. The van der Waals surface area contributed by atoms with Gasteiger partial charge in [-0.2, -0.15) is 0 Å². The second-order valence-corrected chi connectivity index (χ2v) is 8.76. The number of nitrogens with zero attached hydrogens (tertiary/aromatic N) is 1. The molecular formula is C26H26FN3O5. The zero-order chi connectivity index (χ0) is 25.3. The van der Waals surface area contributed by atoms with Crippen LogP contribution in [0.3, 0.4) is 0 Å². The Bertz CT molecular complexity index is 1290. The molecule has 0 spiro atoms. The van der Waals surface area contributed by atoms with Gasteiger partial charge in [0.1, 0.15) is 29.3 Å². The van der Waals surface area contributed by atoms with Crippen LogP contribution in [0.25, 0.3) is 11.3 Å². The molecule has 2 heterocycles. The summed E-state index contributed by atoms with van der Waals surface area (Å²) in [6, 6.07) is 11.9. The molecule has 0 saturated heterocycles. The molecule has 182 valence electrons. The highest BCUT2D eigenvalue weighted by Crippen LogP contribution is 2.45. The minimum absolute atomic E-state index is 0.0622. The van der Waals surface area contributed by atoms with E-state index in [4.69, 9.17) is 20.2 Å². The average molecular weight is 480 g/mol. The largest absolute Gasteiger partial charge is 0.504 e. The molecule has 35 heavy (non-hydrogen) atoms. The Morgan fingerprint density at radius 1 is 1.26 bits per heavy atom. The quantitative estimate of drug-likeness (QED) is 0.478. The van der Waals surface area contributed by atoms with Gasteiger partial charge < -0.3 is 25.6 Å². The molecule has 2 amide bonds. The molecule has 0 saturated carbocycles. The number of nitrogens with two attached hydrogens (primary N) is 1. The number of carbonyl (C=O) groups is 2. The van der Waals surface area contributed by atoms with Crippen LogP contribution in [0.1, 0.15) is 41.4 Å². The van der Waals surface area contributed by atoms with Crippen molar-refractivity contribution in [3.8, 4) is 28.5 Å². The van der Waals surface area contributed by atoms with E-state index in [0.717, 1.165) is 0 Å². The van der Waals surface area contributed by atoms with Gasteiger partial charge in [-0.1, -0.05) is 6.92 Å². The number of hydrogen-bond donors (Lipinski definition) is 3. The third-order valence-corrected chi connectivity index (χ3v) is 6.27. The SMILES string of the molecule is COc1cc(C(=O)NCC(C)c2cc3c(c(-c4ccc(F)cc4)n2)OC[C@]3(C)C(N)=O)ccc1O. The second kappa shape index (κ2) is 9.25. The van der Waals surface area contributed by atoms with Gasteiger partial charge in [-0.25, -0.2) is 9.37 Å². The Morgan fingerprint density at radius 3 is 2.63 bits per heavy atom. The van der Waals surface area contributed by atoms with E-state index in [2.05, 4.69) is 5.32 Å². The van der Waals surface area contributed by atoms with Crippen molar-refractivity contribution in [1.29, 1.82) is 0 Å². The number of carbonyl (C=O) groups excluding carboxylic acids is 2. The smallest absolute Gasteiger partial charge is 0.251 e. The number of aromatic nitrogens is 1. The molecule has 4 rings (SSSR count). The van der Waals surface area contributed by atoms with Crippen molar-refractivity contribution in [2.75, 3.05) is 20.3 Å². The van der Waals surface area contributed by atoms with E-state index in [9.17, 15) is 19.1 Å². The van der Waals surface area contributed by atoms with E-state index in [1.54, 1.807) is 25.1 Å². The van der Waals surface area contributed by atoms with Crippen molar-refractivity contribution in [2.45, 2.75) is 25.2 Å². The Balaban J connectivity index is 1.65. The normalized spacial score (nSPS) is 17.3. The number of primary amides is 1. The third-order valence-electron chi connectivity index (χ3n) is 6.27. The first-order chi connectivity index (χ1) is 16.6. The highest BCUT2D eigenvalue weighted by molar-refractivity contribution is 5.95. The van der Waals surface area contributed by atoms with Crippen molar-refractivity contribution in [3.63, 3.8) is 0 Å². The van der Waals surface area contributed by atoms with E-state index in [0.29, 0.717) is 33.8 Å². The van der Waals surface area contributed by atoms with Gasteiger partial charge in [-0.15, -0.1) is 0 Å². The monoisotopic (exact) mass is 479 g/mol. The lowest BCUT2D eigenvalue weighted by Gasteiger charge is -2.20. The average Bonchev–Trinajstić information content (AvgIpc) is 3.20. The van der Waals surface area contributed by atoms with Crippen LogP contribution >= 0.6 is 0 Å². The van der Waals surface area contributed by atoms with Gasteiger partial charge in [-0.05, 0) is 55.5 Å². The number of amides is 2. The second-order valence-electron chi connectivity index (χ2n) is 8.76. The fourth-order valence-electron chi connectivity index (χ4n) is 3.93. The molecule has 0 aliphatic carbocycles. The number of pyridine rings is 1. The van der Waals surface area contributed by atoms with Gasteiger partial charge in [0.15, 0.2) is 11.5 Å². The fourth-order valence-corrected chi connectivity index (χ4v) is 3.93. The highest BCUT2D eigenvalue weighted by atomic mass is 19.1. The molecule has 2 aromatic carbocycles. The zero-order valence-corrected chi connectivity index (χ0v) is 19.6. The summed E-state index contributed by atoms with van der Waals surface area (Å²) in [4.78, 5) is 29.7. The molecule has 0 radical (unpaired) electrons. The molecule has 1 aliphatic heterocycles. The number of methoxy groups -OCH3 is 1. The van der Waals surface area contributed by atoms with Gasteiger partial charge in [0.25, 0.3) is 5.91 Å². The minimum Gasteiger partial charge on any atom is -0.504 e. The standard InChI is InChI=1S/C26H26FN3O5/c1-14(12-29-24(32)16-6-9-20(31)21(10-16)34-3)19-11-18-23(35-13-26(18,2)25(28)33)22(30-19)15-4-7-17(27)8-5-15/h4-11,14,31H,12-13H2,1-3H3,(H2,28,33)(H,29,32)/t14?,26-/m0/s1. The summed E-state index contributed by atoms with van der Waals surface area (Å²) in [6.07, 6.45) is 0. The number of halogens is 1. The maximum Gasteiger partial charge on any atom is 0.251 e. The van der Waals surface area contributed by atoms with E-state index in [1.165, 1.54) is 37.4 Å². The molecular weight excluding hydrogens is 453 g/mol. The molecule has 0 bridgehead atoms. The molecule has 1 unspecified atom stereocenters. The van der Waals surface area contributed by atoms with Gasteiger partial charge in [-0.3, -0.25) is 9.59 Å². The summed E-state index contributed by atoms with van der Waals surface area (Å²) in [7, 11) is 1.40. The van der Waals surface area contributed by atoms with Crippen molar-refractivity contribution in [2.24, 2.45) is 5.73 Å². The molecule has 1 aromatic heterocycles.